The molecule has 24 heavy (non-hydrogen) atoms. The highest BCUT2D eigenvalue weighted by atomic mass is 16.5. The fraction of sp³-hybridized carbons (Fsp3) is 0.609. The molecule has 3 rings (SSSR count). The second kappa shape index (κ2) is 6.24. The van der Waals surface area contributed by atoms with Gasteiger partial charge in [-0.3, -0.25) is 0 Å². The van der Waals surface area contributed by atoms with E-state index in [1.807, 2.05) is 0 Å². The molecule has 0 N–H and O–H groups in total. The van der Waals surface area contributed by atoms with Gasteiger partial charge in [0.05, 0.1) is 7.11 Å². The van der Waals surface area contributed by atoms with Crippen molar-refractivity contribution < 1.29 is 4.74 Å². The van der Waals surface area contributed by atoms with Crippen molar-refractivity contribution in [2.24, 2.45) is 16.7 Å². The van der Waals surface area contributed by atoms with Gasteiger partial charge >= 0.3 is 0 Å². The van der Waals surface area contributed by atoms with Crippen LogP contribution in [0.5, 0.6) is 5.75 Å². The van der Waals surface area contributed by atoms with Gasteiger partial charge in [0.25, 0.3) is 0 Å². The lowest BCUT2D eigenvalue weighted by Gasteiger charge is -2.55. The van der Waals surface area contributed by atoms with Gasteiger partial charge in [-0.25, -0.2) is 0 Å². The zero-order chi connectivity index (χ0) is 17.5. The summed E-state index contributed by atoms with van der Waals surface area (Å²) in [6.07, 6.45) is 9.10. The van der Waals surface area contributed by atoms with Gasteiger partial charge in [0.2, 0.25) is 0 Å². The third-order valence-electron chi connectivity index (χ3n) is 6.73. The van der Waals surface area contributed by atoms with E-state index in [2.05, 4.69) is 59.2 Å². The highest BCUT2D eigenvalue weighted by molar-refractivity contribution is 5.46. The molecule has 0 saturated heterocycles. The maximum Gasteiger partial charge on any atom is 0.119 e. The van der Waals surface area contributed by atoms with Gasteiger partial charge in [0.1, 0.15) is 5.75 Å². The van der Waals surface area contributed by atoms with Crippen LogP contribution in [0.25, 0.3) is 0 Å². The molecule has 1 saturated carbocycles. The molecular formula is C23H33O. The number of hydrogen-bond donors (Lipinski definition) is 0. The lowest BCUT2D eigenvalue weighted by atomic mass is 9.50. The molecule has 131 valence electrons. The van der Waals surface area contributed by atoms with Crippen LogP contribution < -0.4 is 4.74 Å². The van der Waals surface area contributed by atoms with E-state index in [-0.39, 0.29) is 0 Å². The number of methoxy groups -OCH3 is 1. The second-order valence-corrected chi connectivity index (χ2v) is 8.97. The number of hydrogen-bond acceptors (Lipinski definition) is 1. The van der Waals surface area contributed by atoms with E-state index in [9.17, 15) is 0 Å². The minimum atomic E-state index is 0.321. The Morgan fingerprint density at radius 1 is 1.08 bits per heavy atom. The zero-order valence-corrected chi connectivity index (χ0v) is 16.3. The summed E-state index contributed by atoms with van der Waals surface area (Å²) in [7, 11) is 1.75. The Balaban J connectivity index is 1.98. The molecule has 1 aromatic carbocycles. The standard InChI is InChI=1S/C23H33O/c1-16-12-18(14-19(13-16)24-6)15-20-17(2)8-9-21-22(3,4)10-7-11-23(20,21)5/h12-15,21H,7-11H2,1-6H3/t21?,23-/m1/s1. The van der Waals surface area contributed by atoms with E-state index in [0.29, 0.717) is 10.8 Å². The quantitative estimate of drug-likeness (QED) is 0.616. The van der Waals surface area contributed by atoms with Crippen LogP contribution in [-0.2, 0) is 0 Å². The van der Waals surface area contributed by atoms with Crippen LogP contribution >= 0.6 is 0 Å². The van der Waals surface area contributed by atoms with Gasteiger partial charge in [-0.05, 0) is 79.5 Å². The Hall–Kier alpha value is -1.24. The first-order valence-electron chi connectivity index (χ1n) is 9.47. The van der Waals surface area contributed by atoms with Gasteiger partial charge < -0.3 is 4.74 Å². The monoisotopic (exact) mass is 325 g/mol. The molecular weight excluding hydrogens is 292 g/mol. The third-order valence-corrected chi connectivity index (χ3v) is 6.73. The summed E-state index contributed by atoms with van der Waals surface area (Å²) >= 11 is 0. The predicted octanol–water partition coefficient (Wildman–Crippen LogP) is 6.50. The number of ether oxygens (including phenoxy) is 1. The number of fused-ring (bicyclic) bond motifs is 1. The first-order chi connectivity index (χ1) is 11.3. The molecule has 0 amide bonds. The van der Waals surface area contributed by atoms with Crippen molar-refractivity contribution in [2.75, 3.05) is 7.11 Å². The molecule has 0 aromatic heterocycles. The molecule has 1 aromatic rings. The number of allylic oxidation sites excluding steroid dienone is 2. The van der Waals surface area contributed by atoms with E-state index in [0.717, 1.165) is 11.7 Å². The van der Waals surface area contributed by atoms with E-state index in [1.165, 1.54) is 43.2 Å². The van der Waals surface area contributed by atoms with Gasteiger partial charge in [-0.15, -0.1) is 0 Å². The van der Waals surface area contributed by atoms with Crippen LogP contribution in [0.3, 0.4) is 0 Å². The van der Waals surface area contributed by atoms with Crippen molar-refractivity contribution in [1.29, 1.82) is 0 Å². The van der Waals surface area contributed by atoms with Crippen molar-refractivity contribution in [3.05, 3.63) is 46.9 Å². The fourth-order valence-corrected chi connectivity index (χ4v) is 5.57. The SMILES string of the molecule is COc1cc(C)cc([CH]C2=C(C)CCC3C(C)(C)CCC[C@]23C)c1. The minimum absolute atomic E-state index is 0.321. The van der Waals surface area contributed by atoms with Crippen LogP contribution in [0.4, 0.5) is 0 Å². The van der Waals surface area contributed by atoms with Gasteiger partial charge in [0, 0.05) is 6.42 Å². The molecule has 0 bridgehead atoms. The summed E-state index contributed by atoms with van der Waals surface area (Å²) in [6, 6.07) is 6.56. The average Bonchev–Trinajstić information content (AvgIpc) is 2.49. The van der Waals surface area contributed by atoms with Crippen molar-refractivity contribution in [2.45, 2.75) is 66.7 Å². The summed E-state index contributed by atoms with van der Waals surface area (Å²) < 4.78 is 5.48. The molecule has 2 atom stereocenters. The number of benzene rings is 1. The Kier molecular flexibility index (Phi) is 4.57. The van der Waals surface area contributed by atoms with Crippen LogP contribution in [-0.4, -0.2) is 7.11 Å². The molecule has 1 unspecified atom stereocenters. The van der Waals surface area contributed by atoms with E-state index in [1.54, 1.807) is 18.3 Å². The van der Waals surface area contributed by atoms with Gasteiger partial charge in [-0.2, -0.15) is 0 Å². The third kappa shape index (κ3) is 3.03. The maximum atomic E-state index is 5.48. The first kappa shape index (κ1) is 17.6. The molecule has 0 heterocycles. The van der Waals surface area contributed by atoms with E-state index < -0.39 is 0 Å². The molecule has 0 aliphatic heterocycles. The highest BCUT2D eigenvalue weighted by Crippen LogP contribution is 2.60. The molecule has 1 nitrogen and oxygen atoms in total. The molecule has 1 fully saturated rings. The molecule has 2 aliphatic carbocycles. The van der Waals surface area contributed by atoms with Crippen molar-refractivity contribution in [3.63, 3.8) is 0 Å². The molecule has 1 radical (unpaired) electrons. The van der Waals surface area contributed by atoms with E-state index >= 15 is 0 Å². The maximum absolute atomic E-state index is 5.48. The smallest absolute Gasteiger partial charge is 0.119 e. The second-order valence-electron chi connectivity index (χ2n) is 8.97. The minimum Gasteiger partial charge on any atom is -0.497 e. The first-order valence-corrected chi connectivity index (χ1v) is 9.47. The zero-order valence-electron chi connectivity index (χ0n) is 16.3. The Bertz CT molecular complexity index is 652. The van der Waals surface area contributed by atoms with Crippen LogP contribution in [0.15, 0.2) is 29.3 Å². The Morgan fingerprint density at radius 3 is 2.54 bits per heavy atom. The lowest BCUT2D eigenvalue weighted by molar-refractivity contribution is 0.0143. The topological polar surface area (TPSA) is 9.23 Å². The van der Waals surface area contributed by atoms with Crippen LogP contribution in [0, 0.1) is 30.1 Å². The van der Waals surface area contributed by atoms with Gasteiger partial charge in [-0.1, -0.05) is 44.4 Å². The Morgan fingerprint density at radius 2 is 1.83 bits per heavy atom. The van der Waals surface area contributed by atoms with Crippen LogP contribution in [0.2, 0.25) is 0 Å². The fourth-order valence-electron chi connectivity index (χ4n) is 5.57. The number of rotatable bonds is 3. The summed E-state index contributed by atoms with van der Waals surface area (Å²) in [5.74, 6) is 1.75. The van der Waals surface area contributed by atoms with Crippen molar-refractivity contribution >= 4 is 0 Å². The summed E-state index contributed by atoms with van der Waals surface area (Å²) in [5.41, 5.74) is 6.51. The lowest BCUT2D eigenvalue weighted by Crippen LogP contribution is -2.45. The Labute approximate surface area is 148 Å². The van der Waals surface area contributed by atoms with Gasteiger partial charge in [0.15, 0.2) is 0 Å². The normalized spacial score (nSPS) is 29.3. The highest BCUT2D eigenvalue weighted by Gasteiger charge is 2.49. The molecule has 1 heteroatoms. The van der Waals surface area contributed by atoms with E-state index in [4.69, 9.17) is 4.74 Å². The average molecular weight is 326 g/mol. The predicted molar refractivity (Wildman–Crippen MR) is 102 cm³/mol. The molecule has 0 spiro atoms. The van der Waals surface area contributed by atoms with Crippen molar-refractivity contribution in [1.82, 2.24) is 0 Å². The largest absolute Gasteiger partial charge is 0.497 e. The van der Waals surface area contributed by atoms with Crippen LogP contribution in [0.1, 0.15) is 70.9 Å². The molecule has 2 aliphatic rings. The summed E-state index contributed by atoms with van der Waals surface area (Å²) in [4.78, 5) is 0. The van der Waals surface area contributed by atoms with Crippen molar-refractivity contribution in [3.8, 4) is 5.75 Å². The summed E-state index contributed by atoms with van der Waals surface area (Å²) in [5, 5.41) is 0. The summed E-state index contributed by atoms with van der Waals surface area (Å²) in [6.45, 7) is 12.0. The number of aryl methyl sites for hydroxylation is 1.